The summed E-state index contributed by atoms with van der Waals surface area (Å²) in [6.07, 6.45) is 0.148. The van der Waals surface area contributed by atoms with E-state index in [2.05, 4.69) is 29.0 Å². The molecule has 0 unspecified atom stereocenters. The fourth-order valence-electron chi connectivity index (χ4n) is 1.80. The molecule has 132 valence electrons. The highest BCUT2D eigenvalue weighted by atomic mass is 16.5. The van der Waals surface area contributed by atoms with Crippen LogP contribution in [0, 0.1) is 30.6 Å². The van der Waals surface area contributed by atoms with Crippen LogP contribution in [0.3, 0.4) is 0 Å². The number of ether oxygens (including phenoxy) is 2. The van der Waals surface area contributed by atoms with E-state index in [0.29, 0.717) is 12.1 Å². The molecular formula is C19H21NO5. The lowest BCUT2D eigenvalue weighted by Gasteiger charge is -2.09. The molecule has 0 heterocycles. The van der Waals surface area contributed by atoms with E-state index >= 15 is 0 Å². The van der Waals surface area contributed by atoms with Gasteiger partial charge in [0.25, 0.3) is 0 Å². The molecule has 1 aromatic carbocycles. The number of hydrogen-bond donors (Lipinski definition) is 2. The van der Waals surface area contributed by atoms with Crippen molar-refractivity contribution in [3.8, 4) is 23.7 Å². The Bertz CT molecular complexity index is 719. The molecule has 0 saturated heterocycles. The van der Waals surface area contributed by atoms with Crippen molar-refractivity contribution in [2.75, 3.05) is 25.1 Å². The normalized spacial score (nSPS) is 9.08. The minimum Gasteiger partial charge on any atom is -0.452 e. The van der Waals surface area contributed by atoms with Crippen LogP contribution in [0.15, 0.2) is 18.2 Å². The predicted molar refractivity (Wildman–Crippen MR) is 93.7 cm³/mol. The maximum atomic E-state index is 11.8. The largest absolute Gasteiger partial charge is 0.452 e. The van der Waals surface area contributed by atoms with E-state index in [1.165, 1.54) is 0 Å². The second kappa shape index (κ2) is 11.6. The molecular weight excluding hydrogens is 322 g/mol. The van der Waals surface area contributed by atoms with Crippen LogP contribution in [-0.2, 0) is 20.7 Å². The molecule has 25 heavy (non-hydrogen) atoms. The summed E-state index contributed by atoms with van der Waals surface area (Å²) in [5, 5.41) is 11.1. The quantitative estimate of drug-likeness (QED) is 0.631. The SMILES string of the molecule is CCC#CCOC(=O)Nc1ccc(C)c(CC(=O)OCC#CCO)c1. The van der Waals surface area contributed by atoms with Crippen LogP contribution in [-0.4, -0.2) is 37.0 Å². The van der Waals surface area contributed by atoms with Gasteiger partial charge in [-0.05, 0) is 30.2 Å². The lowest BCUT2D eigenvalue weighted by atomic mass is 10.0. The van der Waals surface area contributed by atoms with Gasteiger partial charge in [-0.1, -0.05) is 30.8 Å². The predicted octanol–water partition coefficient (Wildman–Crippen LogP) is 2.04. The second-order valence-electron chi connectivity index (χ2n) is 4.90. The van der Waals surface area contributed by atoms with Crippen LogP contribution < -0.4 is 5.32 Å². The number of aliphatic hydroxyl groups is 1. The Morgan fingerprint density at radius 2 is 1.84 bits per heavy atom. The molecule has 2 N–H and O–H groups in total. The van der Waals surface area contributed by atoms with Crippen LogP contribution in [0.25, 0.3) is 0 Å². The zero-order chi connectivity index (χ0) is 18.5. The number of hydrogen-bond acceptors (Lipinski definition) is 5. The Morgan fingerprint density at radius 1 is 1.12 bits per heavy atom. The summed E-state index contributed by atoms with van der Waals surface area (Å²) in [5.41, 5.74) is 2.14. The van der Waals surface area contributed by atoms with Crippen molar-refractivity contribution in [3.63, 3.8) is 0 Å². The highest BCUT2D eigenvalue weighted by Crippen LogP contribution is 2.16. The topological polar surface area (TPSA) is 84.9 Å². The van der Waals surface area contributed by atoms with E-state index in [0.717, 1.165) is 11.1 Å². The van der Waals surface area contributed by atoms with Crippen molar-refractivity contribution in [3.05, 3.63) is 29.3 Å². The third-order valence-corrected chi connectivity index (χ3v) is 3.02. The van der Waals surface area contributed by atoms with Gasteiger partial charge in [-0.2, -0.15) is 0 Å². The molecule has 0 aliphatic heterocycles. The summed E-state index contributed by atoms with van der Waals surface area (Å²) in [4.78, 5) is 23.5. The smallest absolute Gasteiger partial charge is 0.412 e. The second-order valence-corrected chi connectivity index (χ2v) is 4.90. The Balaban J connectivity index is 2.60. The van der Waals surface area contributed by atoms with Gasteiger partial charge in [0.15, 0.2) is 13.2 Å². The number of esters is 1. The lowest BCUT2D eigenvalue weighted by molar-refractivity contribution is -0.141. The third-order valence-electron chi connectivity index (χ3n) is 3.02. The third kappa shape index (κ3) is 8.45. The Kier molecular flexibility index (Phi) is 9.28. The first kappa shape index (κ1) is 20.1. The molecule has 0 aromatic heterocycles. The highest BCUT2D eigenvalue weighted by molar-refractivity contribution is 5.85. The van der Waals surface area contributed by atoms with E-state index in [9.17, 15) is 9.59 Å². The van der Waals surface area contributed by atoms with Crippen molar-refractivity contribution in [1.29, 1.82) is 0 Å². The fourth-order valence-corrected chi connectivity index (χ4v) is 1.80. The highest BCUT2D eigenvalue weighted by Gasteiger charge is 2.09. The van der Waals surface area contributed by atoms with E-state index in [1.807, 2.05) is 13.8 Å². The van der Waals surface area contributed by atoms with Gasteiger partial charge in [0.2, 0.25) is 0 Å². The van der Waals surface area contributed by atoms with Crippen LogP contribution in [0.5, 0.6) is 0 Å². The van der Waals surface area contributed by atoms with Crippen molar-refractivity contribution in [2.24, 2.45) is 0 Å². The molecule has 0 radical (unpaired) electrons. The van der Waals surface area contributed by atoms with Crippen molar-refractivity contribution in [1.82, 2.24) is 0 Å². The van der Waals surface area contributed by atoms with E-state index in [4.69, 9.17) is 14.6 Å². The van der Waals surface area contributed by atoms with Gasteiger partial charge in [0, 0.05) is 12.1 Å². The summed E-state index contributed by atoms with van der Waals surface area (Å²) in [6, 6.07) is 5.20. The van der Waals surface area contributed by atoms with Gasteiger partial charge in [0.1, 0.15) is 6.61 Å². The number of aryl methyl sites for hydroxylation is 1. The number of carbonyl (C=O) groups excluding carboxylic acids is 2. The summed E-state index contributed by atoms with van der Waals surface area (Å²) in [6.45, 7) is 3.45. The van der Waals surface area contributed by atoms with Crippen molar-refractivity contribution >= 4 is 17.7 Å². The molecule has 0 fully saturated rings. The molecule has 1 amide bonds. The fraction of sp³-hybridized carbons (Fsp3) is 0.368. The molecule has 1 rings (SSSR count). The van der Waals surface area contributed by atoms with Crippen LogP contribution in [0.1, 0.15) is 24.5 Å². The lowest BCUT2D eigenvalue weighted by Crippen LogP contribution is -2.14. The van der Waals surface area contributed by atoms with Crippen molar-refractivity contribution in [2.45, 2.75) is 26.7 Å². The first-order chi connectivity index (χ1) is 12.1. The molecule has 0 atom stereocenters. The average molecular weight is 343 g/mol. The zero-order valence-corrected chi connectivity index (χ0v) is 14.3. The van der Waals surface area contributed by atoms with Gasteiger partial charge in [0.05, 0.1) is 6.42 Å². The summed E-state index contributed by atoms with van der Waals surface area (Å²) < 4.78 is 9.87. The molecule has 0 bridgehead atoms. The molecule has 0 aliphatic carbocycles. The first-order valence-electron chi connectivity index (χ1n) is 7.78. The number of rotatable bonds is 5. The van der Waals surface area contributed by atoms with Gasteiger partial charge in [-0.15, -0.1) is 5.92 Å². The van der Waals surface area contributed by atoms with Gasteiger partial charge >= 0.3 is 12.1 Å². The maximum Gasteiger partial charge on any atom is 0.412 e. The zero-order valence-electron chi connectivity index (χ0n) is 14.3. The number of amides is 1. The Labute approximate surface area is 147 Å². The van der Waals surface area contributed by atoms with Gasteiger partial charge in [-0.3, -0.25) is 10.1 Å². The van der Waals surface area contributed by atoms with Crippen molar-refractivity contribution < 1.29 is 24.2 Å². The summed E-state index contributed by atoms with van der Waals surface area (Å²) in [7, 11) is 0. The monoisotopic (exact) mass is 343 g/mol. The van der Waals surface area contributed by atoms with Gasteiger partial charge in [-0.25, -0.2) is 4.79 Å². The Hall–Kier alpha value is -2.96. The standard InChI is InChI=1S/C19H21NO5/c1-3-4-6-12-25-19(23)20-17-9-8-15(2)16(13-17)14-18(22)24-11-7-5-10-21/h8-9,13,21H,3,10-12,14H2,1-2H3,(H,20,23). The van der Waals surface area contributed by atoms with E-state index < -0.39 is 12.1 Å². The van der Waals surface area contributed by atoms with E-state index in [-0.39, 0.29) is 26.2 Å². The number of carbonyl (C=O) groups is 2. The molecule has 6 nitrogen and oxygen atoms in total. The maximum absolute atomic E-state index is 11.8. The molecule has 0 spiro atoms. The molecule has 6 heteroatoms. The van der Waals surface area contributed by atoms with Crippen LogP contribution >= 0.6 is 0 Å². The minimum atomic E-state index is -0.609. The van der Waals surface area contributed by atoms with Crippen LogP contribution in [0.2, 0.25) is 0 Å². The van der Waals surface area contributed by atoms with Crippen LogP contribution in [0.4, 0.5) is 10.5 Å². The molecule has 1 aromatic rings. The molecule has 0 saturated carbocycles. The number of aliphatic hydroxyl groups excluding tert-OH is 1. The van der Waals surface area contributed by atoms with Gasteiger partial charge < -0.3 is 14.6 Å². The number of anilines is 1. The number of benzene rings is 1. The first-order valence-corrected chi connectivity index (χ1v) is 7.78. The Morgan fingerprint density at radius 3 is 2.56 bits per heavy atom. The summed E-state index contributed by atoms with van der Waals surface area (Å²) >= 11 is 0. The summed E-state index contributed by atoms with van der Waals surface area (Å²) in [5.74, 6) is 9.96. The van der Waals surface area contributed by atoms with E-state index in [1.54, 1.807) is 18.2 Å². The minimum absolute atomic E-state index is 0.0274. The average Bonchev–Trinajstić information content (AvgIpc) is 2.58. The number of nitrogens with one attached hydrogen (secondary N) is 1. The molecule has 0 aliphatic rings.